The highest BCUT2D eigenvalue weighted by atomic mass is 19.1. The van der Waals surface area contributed by atoms with Gasteiger partial charge in [0.15, 0.2) is 6.10 Å². The van der Waals surface area contributed by atoms with E-state index in [-0.39, 0.29) is 29.5 Å². The summed E-state index contributed by atoms with van der Waals surface area (Å²) in [6, 6.07) is 3.14. The van der Waals surface area contributed by atoms with Gasteiger partial charge in [0.2, 0.25) is 0 Å². The van der Waals surface area contributed by atoms with Gasteiger partial charge in [0.05, 0.1) is 28.9 Å². The summed E-state index contributed by atoms with van der Waals surface area (Å²) in [7, 11) is 0. The summed E-state index contributed by atoms with van der Waals surface area (Å²) >= 11 is 0. The molecule has 0 saturated carbocycles. The number of allylic oxidation sites excluding steroid dienone is 1. The van der Waals surface area contributed by atoms with Crippen molar-refractivity contribution in [2.45, 2.75) is 45.4 Å². The maximum absolute atomic E-state index is 14.6. The molecule has 2 unspecified atom stereocenters. The fraction of sp³-hybridized carbons (Fsp3) is 0.348. The lowest BCUT2D eigenvalue weighted by atomic mass is 9.93. The molecule has 0 spiro atoms. The summed E-state index contributed by atoms with van der Waals surface area (Å²) < 4.78 is 21.2. The van der Waals surface area contributed by atoms with Crippen LogP contribution in [0, 0.1) is 18.7 Å². The third-order valence-electron chi connectivity index (χ3n) is 6.85. The number of aliphatic hydroxyl groups is 1. The number of rotatable bonds is 0. The number of carbonyl (C=O) groups excluding carboxylic acids is 1. The topological polar surface area (TPSA) is 80.9 Å². The number of aromatic nitrogens is 1. The van der Waals surface area contributed by atoms with E-state index in [4.69, 9.17) is 9.73 Å². The van der Waals surface area contributed by atoms with Crippen molar-refractivity contribution in [2.24, 2.45) is 10.9 Å². The van der Waals surface area contributed by atoms with Crippen LogP contribution in [0.4, 0.5) is 4.39 Å². The number of ether oxygens (including phenoxy) is 1. The highest BCUT2D eigenvalue weighted by Crippen LogP contribution is 2.38. The zero-order valence-corrected chi connectivity index (χ0v) is 16.4. The maximum atomic E-state index is 14.6. The molecule has 4 aliphatic rings. The summed E-state index contributed by atoms with van der Waals surface area (Å²) in [6.07, 6.45) is 3.33. The average Bonchev–Trinajstić information content (AvgIpc) is 2.87. The Morgan fingerprint density at radius 3 is 2.93 bits per heavy atom. The number of esters is 1. The molecule has 2 bridgehead atoms. The molecule has 30 heavy (non-hydrogen) atoms. The first-order valence-electron chi connectivity index (χ1n) is 10.2. The van der Waals surface area contributed by atoms with E-state index in [1.807, 2.05) is 6.92 Å². The van der Waals surface area contributed by atoms with Crippen LogP contribution in [0.2, 0.25) is 0 Å². The molecule has 2 atom stereocenters. The summed E-state index contributed by atoms with van der Waals surface area (Å²) in [4.78, 5) is 29.8. The first-order valence-corrected chi connectivity index (χ1v) is 10.2. The van der Waals surface area contributed by atoms with Gasteiger partial charge in [-0.25, -0.2) is 14.2 Å². The Morgan fingerprint density at radius 2 is 2.10 bits per heavy atom. The van der Waals surface area contributed by atoms with E-state index >= 15 is 0 Å². The van der Waals surface area contributed by atoms with Crippen LogP contribution >= 0.6 is 0 Å². The van der Waals surface area contributed by atoms with Crippen LogP contribution in [-0.2, 0) is 29.1 Å². The molecule has 3 aliphatic heterocycles. The van der Waals surface area contributed by atoms with Gasteiger partial charge >= 0.3 is 5.97 Å². The Balaban J connectivity index is 1.65. The van der Waals surface area contributed by atoms with E-state index in [0.717, 1.165) is 35.6 Å². The van der Waals surface area contributed by atoms with Crippen molar-refractivity contribution in [3.8, 4) is 0 Å². The minimum atomic E-state index is -1.48. The Bertz CT molecular complexity index is 1390. The summed E-state index contributed by atoms with van der Waals surface area (Å²) in [6.45, 7) is 2.07. The number of nitrogens with zero attached hydrogens (tertiary/aromatic N) is 2. The molecule has 1 aliphatic carbocycles. The van der Waals surface area contributed by atoms with Crippen LogP contribution in [0.15, 0.2) is 27.5 Å². The molecule has 0 amide bonds. The predicted octanol–water partition coefficient (Wildman–Crippen LogP) is 1.18. The molecule has 6 rings (SSSR count). The minimum absolute atomic E-state index is 0.107. The van der Waals surface area contributed by atoms with Gasteiger partial charge < -0.3 is 14.4 Å². The number of aliphatic hydroxyl groups excluding tert-OH is 1. The summed E-state index contributed by atoms with van der Waals surface area (Å²) in [5.41, 5.74) is 4.24. The normalized spacial score (nSPS) is 23.4. The van der Waals surface area contributed by atoms with Crippen molar-refractivity contribution >= 4 is 17.7 Å². The fourth-order valence-corrected chi connectivity index (χ4v) is 5.22. The average molecular weight is 406 g/mol. The summed E-state index contributed by atoms with van der Waals surface area (Å²) in [5.74, 6) is -0.928. The molecule has 0 fully saturated rings. The van der Waals surface area contributed by atoms with Gasteiger partial charge in [-0.2, -0.15) is 0 Å². The van der Waals surface area contributed by atoms with Crippen LogP contribution in [-0.4, -0.2) is 15.6 Å². The highest BCUT2D eigenvalue weighted by molar-refractivity contribution is 5.80. The molecule has 6 nitrogen and oxygen atoms in total. The largest absolute Gasteiger partial charge is 0.458 e. The molecule has 1 aromatic heterocycles. The number of hydrogen-bond acceptors (Lipinski definition) is 5. The smallest absolute Gasteiger partial charge is 0.340 e. The number of hydrogen-bond donors (Lipinski definition) is 1. The van der Waals surface area contributed by atoms with Crippen molar-refractivity contribution < 1.29 is 19.0 Å². The van der Waals surface area contributed by atoms with E-state index in [0.29, 0.717) is 34.4 Å². The van der Waals surface area contributed by atoms with Crippen LogP contribution in [0.25, 0.3) is 11.8 Å². The van der Waals surface area contributed by atoms with Gasteiger partial charge in [-0.3, -0.25) is 4.79 Å². The SMILES string of the molecule is Cc1c(F)cc2c3c1CCCC(C=3)C1=C(N=2)c2cc3c(c(=O)n2C1)COC(=O)C3O. The maximum Gasteiger partial charge on any atom is 0.340 e. The van der Waals surface area contributed by atoms with E-state index < -0.39 is 12.1 Å². The molecule has 1 aromatic carbocycles. The molecular weight excluding hydrogens is 387 g/mol. The van der Waals surface area contributed by atoms with E-state index in [1.165, 1.54) is 6.07 Å². The second-order valence-corrected chi connectivity index (χ2v) is 8.41. The Morgan fingerprint density at radius 1 is 1.27 bits per heavy atom. The quantitative estimate of drug-likeness (QED) is 0.667. The van der Waals surface area contributed by atoms with Crippen LogP contribution in [0.5, 0.6) is 0 Å². The van der Waals surface area contributed by atoms with Gasteiger partial charge in [-0.15, -0.1) is 0 Å². The number of benzene rings is 1. The predicted molar refractivity (Wildman–Crippen MR) is 105 cm³/mol. The lowest BCUT2D eigenvalue weighted by Gasteiger charge is -2.21. The van der Waals surface area contributed by atoms with E-state index in [2.05, 4.69) is 6.08 Å². The van der Waals surface area contributed by atoms with Crippen LogP contribution in [0.3, 0.4) is 0 Å². The number of halogens is 1. The number of fused-ring (bicyclic) bond motifs is 5. The van der Waals surface area contributed by atoms with Crippen LogP contribution < -0.4 is 16.1 Å². The van der Waals surface area contributed by atoms with Crippen molar-refractivity contribution in [1.82, 2.24) is 4.57 Å². The van der Waals surface area contributed by atoms with Gasteiger partial charge in [-0.05, 0) is 49.0 Å². The molecule has 0 radical (unpaired) electrons. The van der Waals surface area contributed by atoms with Crippen molar-refractivity contribution in [2.75, 3.05) is 0 Å². The van der Waals surface area contributed by atoms with Gasteiger partial charge in [0, 0.05) is 22.8 Å². The number of cyclic esters (lactones) is 1. The third kappa shape index (κ3) is 2.24. The summed E-state index contributed by atoms with van der Waals surface area (Å²) in [5, 5.41) is 11.8. The standard InChI is InChI=1S/C23H19FN2O4/c1-10-12-4-2-3-11-5-13(12)18(7-17(10)24)25-20-15(11)8-26-19(20)6-14-16(22(26)28)9-30-23(29)21(14)27/h5-7,11,21,27H,2-4,8-9H2,1H3. The monoisotopic (exact) mass is 406 g/mol. The van der Waals surface area contributed by atoms with E-state index in [1.54, 1.807) is 10.6 Å². The minimum Gasteiger partial charge on any atom is -0.458 e. The lowest BCUT2D eigenvalue weighted by molar-refractivity contribution is -0.157. The van der Waals surface area contributed by atoms with E-state index in [9.17, 15) is 19.1 Å². The number of carbonyl (C=O) groups is 1. The molecular formula is C23H19FN2O4. The van der Waals surface area contributed by atoms with Gasteiger partial charge in [0.25, 0.3) is 5.56 Å². The van der Waals surface area contributed by atoms with Gasteiger partial charge in [0.1, 0.15) is 12.4 Å². The third-order valence-corrected chi connectivity index (χ3v) is 6.85. The number of pyridine rings is 1. The van der Waals surface area contributed by atoms with Crippen molar-refractivity contribution in [3.63, 3.8) is 0 Å². The van der Waals surface area contributed by atoms with Crippen molar-refractivity contribution in [1.29, 1.82) is 0 Å². The molecule has 1 N–H and O–H groups in total. The zero-order chi connectivity index (χ0) is 20.7. The Kier molecular flexibility index (Phi) is 3.54. The molecule has 152 valence electrons. The molecule has 2 aromatic rings. The molecule has 4 heterocycles. The lowest BCUT2D eigenvalue weighted by Crippen LogP contribution is -2.34. The zero-order valence-electron chi connectivity index (χ0n) is 16.4. The van der Waals surface area contributed by atoms with Gasteiger partial charge in [-0.1, -0.05) is 6.08 Å². The first-order chi connectivity index (χ1) is 14.4. The van der Waals surface area contributed by atoms with Crippen LogP contribution in [0.1, 0.15) is 46.9 Å². The molecule has 7 heteroatoms. The second kappa shape index (κ2) is 5.98. The Labute approximate surface area is 170 Å². The Hall–Kier alpha value is -3.06. The van der Waals surface area contributed by atoms with Crippen molar-refractivity contribution in [3.05, 3.63) is 72.4 Å². The fourth-order valence-electron chi connectivity index (χ4n) is 5.22. The first kappa shape index (κ1) is 17.8. The molecule has 0 saturated heterocycles. The second-order valence-electron chi connectivity index (χ2n) is 8.41. The highest BCUT2D eigenvalue weighted by Gasteiger charge is 2.36.